The van der Waals surface area contributed by atoms with Crippen LogP contribution in [0.15, 0.2) is 41.3 Å². The first-order valence-corrected chi connectivity index (χ1v) is 13.6. The smallest absolute Gasteiger partial charge is 0.409 e. The van der Waals surface area contributed by atoms with Crippen molar-refractivity contribution in [3.05, 3.63) is 42.0 Å². The Labute approximate surface area is 218 Å². The number of hydrogen-bond donors (Lipinski definition) is 2. The van der Waals surface area contributed by atoms with Crippen LogP contribution >= 0.6 is 11.3 Å². The van der Waals surface area contributed by atoms with Gasteiger partial charge in [0.15, 0.2) is 0 Å². The number of piperazine rings is 1. The van der Waals surface area contributed by atoms with Crippen molar-refractivity contribution in [1.29, 1.82) is 0 Å². The predicted octanol–water partition coefficient (Wildman–Crippen LogP) is 2.53. The number of amides is 2. The van der Waals surface area contributed by atoms with Crippen LogP contribution < -0.4 is 20.3 Å². The normalized spacial score (nSPS) is 14.3. The number of nitrogens with zero attached hydrogens (tertiary/aromatic N) is 3. The molecule has 0 saturated carbocycles. The van der Waals surface area contributed by atoms with Gasteiger partial charge in [0.25, 0.3) is 5.91 Å². The fourth-order valence-electron chi connectivity index (χ4n) is 3.77. The molecule has 1 aliphatic heterocycles. The zero-order valence-electron chi connectivity index (χ0n) is 20.5. The van der Waals surface area contributed by atoms with E-state index in [0.29, 0.717) is 22.1 Å². The van der Waals surface area contributed by atoms with Crippen LogP contribution in [0.5, 0.6) is 11.5 Å². The standard InChI is InChI=1S/C23H27N5O7S2/c1-4-35-23(30)27-11-13-28(14-12-27)37(31,32)16-7-5-15(6-8-16)21(29)25-26-22-24-19-17(33-2)9-10-18(34-3)20(19)36-22/h5-10H,4,11-14H2,1-3H3,(H,24,26)(H,25,29). The summed E-state index contributed by atoms with van der Waals surface area (Å²) in [7, 11) is -0.671. The highest BCUT2D eigenvalue weighted by atomic mass is 32.2. The summed E-state index contributed by atoms with van der Waals surface area (Å²) in [4.78, 5) is 30.5. The second-order valence-corrected chi connectivity index (χ2v) is 10.8. The topological polar surface area (TPSA) is 139 Å². The maximum atomic E-state index is 13.0. The number of ether oxygens (including phenoxy) is 3. The summed E-state index contributed by atoms with van der Waals surface area (Å²) in [5.74, 6) is 0.738. The Kier molecular flexibility index (Phi) is 8.00. The third kappa shape index (κ3) is 5.55. The number of nitrogens with one attached hydrogen (secondary N) is 2. The molecule has 0 aliphatic carbocycles. The highest BCUT2D eigenvalue weighted by Gasteiger charge is 2.30. The number of carbonyl (C=O) groups excluding carboxylic acids is 2. The molecule has 1 aliphatic rings. The lowest BCUT2D eigenvalue weighted by atomic mass is 10.2. The highest BCUT2D eigenvalue weighted by Crippen LogP contribution is 2.38. The number of hydrogen-bond acceptors (Lipinski definition) is 10. The van der Waals surface area contributed by atoms with Crippen molar-refractivity contribution in [2.75, 3.05) is 52.4 Å². The minimum atomic E-state index is -3.77. The van der Waals surface area contributed by atoms with E-state index in [0.717, 1.165) is 4.70 Å². The molecule has 1 fully saturated rings. The second kappa shape index (κ2) is 11.2. The molecule has 1 aromatic heterocycles. The van der Waals surface area contributed by atoms with Crippen LogP contribution in [-0.4, -0.2) is 81.6 Å². The third-order valence-corrected chi connectivity index (χ3v) is 8.61. The van der Waals surface area contributed by atoms with Gasteiger partial charge in [-0.15, -0.1) is 0 Å². The number of thiazole rings is 1. The van der Waals surface area contributed by atoms with Gasteiger partial charge in [0.2, 0.25) is 15.2 Å². The van der Waals surface area contributed by atoms with E-state index in [1.54, 1.807) is 33.3 Å². The molecule has 0 atom stereocenters. The summed E-state index contributed by atoms with van der Waals surface area (Å²) in [5, 5.41) is 0.423. The summed E-state index contributed by atoms with van der Waals surface area (Å²) in [6.07, 6.45) is -0.451. The van der Waals surface area contributed by atoms with Gasteiger partial charge in [-0.3, -0.25) is 15.6 Å². The molecule has 12 nitrogen and oxygen atoms in total. The van der Waals surface area contributed by atoms with Crippen LogP contribution in [0.4, 0.5) is 9.93 Å². The lowest BCUT2D eigenvalue weighted by Crippen LogP contribution is -2.50. The highest BCUT2D eigenvalue weighted by molar-refractivity contribution is 7.89. The first-order chi connectivity index (χ1) is 17.8. The van der Waals surface area contributed by atoms with Gasteiger partial charge < -0.3 is 19.1 Å². The Balaban J connectivity index is 1.39. The van der Waals surface area contributed by atoms with Crippen LogP contribution in [0, 0.1) is 0 Å². The molecule has 2 amide bonds. The zero-order valence-corrected chi connectivity index (χ0v) is 22.1. The van der Waals surface area contributed by atoms with Gasteiger partial charge in [-0.05, 0) is 43.3 Å². The van der Waals surface area contributed by atoms with Gasteiger partial charge in [-0.1, -0.05) is 11.3 Å². The maximum absolute atomic E-state index is 13.0. The van der Waals surface area contributed by atoms with Gasteiger partial charge in [0.1, 0.15) is 21.7 Å². The molecule has 14 heteroatoms. The van der Waals surface area contributed by atoms with Crippen LogP contribution in [0.2, 0.25) is 0 Å². The van der Waals surface area contributed by atoms with Gasteiger partial charge in [0, 0.05) is 31.7 Å². The summed E-state index contributed by atoms with van der Waals surface area (Å²) in [6.45, 7) is 2.78. The number of carbonyl (C=O) groups is 2. The SMILES string of the molecule is CCOC(=O)N1CCN(S(=O)(=O)c2ccc(C(=O)NNc3nc4c(OC)ccc(OC)c4s3)cc2)CC1. The number of fused-ring (bicyclic) bond motifs is 1. The minimum absolute atomic E-state index is 0.0620. The van der Waals surface area contributed by atoms with Crippen molar-refractivity contribution in [3.63, 3.8) is 0 Å². The molecule has 37 heavy (non-hydrogen) atoms. The van der Waals surface area contributed by atoms with Gasteiger partial charge in [-0.25, -0.2) is 18.2 Å². The number of hydrazine groups is 1. The average Bonchev–Trinajstić information content (AvgIpc) is 3.36. The summed E-state index contributed by atoms with van der Waals surface area (Å²) in [5.41, 5.74) is 6.21. The van der Waals surface area contributed by atoms with Gasteiger partial charge >= 0.3 is 6.09 Å². The monoisotopic (exact) mass is 549 g/mol. The van der Waals surface area contributed by atoms with E-state index in [-0.39, 0.29) is 43.2 Å². The lowest BCUT2D eigenvalue weighted by molar-refractivity contribution is 0.0933. The molecular formula is C23H27N5O7S2. The maximum Gasteiger partial charge on any atom is 0.409 e. The first-order valence-electron chi connectivity index (χ1n) is 11.4. The number of methoxy groups -OCH3 is 2. The largest absolute Gasteiger partial charge is 0.495 e. The molecule has 2 aromatic carbocycles. The minimum Gasteiger partial charge on any atom is -0.495 e. The Hall–Kier alpha value is -3.62. The molecule has 0 unspecified atom stereocenters. The Morgan fingerprint density at radius 3 is 2.27 bits per heavy atom. The summed E-state index contributed by atoms with van der Waals surface area (Å²) >= 11 is 1.28. The summed E-state index contributed by atoms with van der Waals surface area (Å²) in [6, 6.07) is 9.16. The molecular weight excluding hydrogens is 522 g/mol. The van der Waals surface area contributed by atoms with E-state index >= 15 is 0 Å². The summed E-state index contributed by atoms with van der Waals surface area (Å²) < 4.78 is 43.8. The fourth-order valence-corrected chi connectivity index (χ4v) is 6.12. The molecule has 2 heterocycles. The molecule has 198 valence electrons. The third-order valence-electron chi connectivity index (χ3n) is 5.71. The molecule has 4 rings (SSSR count). The van der Waals surface area contributed by atoms with Crippen molar-refractivity contribution in [1.82, 2.24) is 19.6 Å². The Bertz CT molecular complexity index is 1340. The molecule has 1 saturated heterocycles. The van der Waals surface area contributed by atoms with Crippen LogP contribution in [0.1, 0.15) is 17.3 Å². The number of sulfonamides is 1. The molecule has 0 bridgehead atoms. The number of anilines is 1. The number of benzene rings is 2. The Morgan fingerprint density at radius 1 is 1.00 bits per heavy atom. The average molecular weight is 550 g/mol. The number of rotatable bonds is 8. The quantitative estimate of drug-likeness (QED) is 0.406. The molecule has 3 aromatic rings. The van der Waals surface area contributed by atoms with Crippen molar-refractivity contribution >= 4 is 48.7 Å². The van der Waals surface area contributed by atoms with Crippen molar-refractivity contribution in [2.45, 2.75) is 11.8 Å². The van der Waals surface area contributed by atoms with Crippen LogP contribution in [0.25, 0.3) is 10.2 Å². The zero-order chi connectivity index (χ0) is 26.6. The predicted molar refractivity (Wildman–Crippen MR) is 138 cm³/mol. The van der Waals surface area contributed by atoms with Crippen molar-refractivity contribution in [3.8, 4) is 11.5 Å². The van der Waals surface area contributed by atoms with E-state index in [1.807, 2.05) is 0 Å². The first kappa shape index (κ1) is 26.4. The van der Waals surface area contributed by atoms with Crippen molar-refractivity contribution < 1.29 is 32.2 Å². The van der Waals surface area contributed by atoms with Crippen molar-refractivity contribution in [2.24, 2.45) is 0 Å². The molecule has 0 radical (unpaired) electrons. The number of aromatic nitrogens is 1. The Morgan fingerprint density at radius 2 is 1.65 bits per heavy atom. The second-order valence-electron chi connectivity index (χ2n) is 7.86. The molecule has 0 spiro atoms. The van der Waals surface area contributed by atoms with E-state index < -0.39 is 22.0 Å². The van der Waals surface area contributed by atoms with E-state index in [9.17, 15) is 18.0 Å². The van der Waals surface area contributed by atoms with E-state index in [4.69, 9.17) is 14.2 Å². The molecule has 2 N–H and O–H groups in total. The lowest BCUT2D eigenvalue weighted by Gasteiger charge is -2.33. The fraction of sp³-hybridized carbons (Fsp3) is 0.348. The van der Waals surface area contributed by atoms with E-state index in [1.165, 1.54) is 44.8 Å². The van der Waals surface area contributed by atoms with Gasteiger partial charge in [0.05, 0.1) is 25.7 Å². The van der Waals surface area contributed by atoms with Crippen LogP contribution in [0.3, 0.4) is 0 Å². The van der Waals surface area contributed by atoms with Gasteiger partial charge in [-0.2, -0.15) is 4.31 Å². The van der Waals surface area contributed by atoms with E-state index in [2.05, 4.69) is 15.8 Å². The van der Waals surface area contributed by atoms with Crippen LogP contribution in [-0.2, 0) is 14.8 Å².